The van der Waals surface area contributed by atoms with E-state index in [-0.39, 0.29) is 4.87 Å². The van der Waals surface area contributed by atoms with Gasteiger partial charge in [-0.15, -0.1) is 0 Å². The Balaban J connectivity index is 1.95. The molecule has 0 radical (unpaired) electrons. The van der Waals surface area contributed by atoms with Crippen molar-refractivity contribution >= 4 is 11.3 Å². The second kappa shape index (κ2) is 5.61. The SMILES string of the molecule is CCC1CN(Cc2csc(=O)[nH]2)CCCN1. The van der Waals surface area contributed by atoms with E-state index in [1.807, 2.05) is 5.38 Å². The van der Waals surface area contributed by atoms with Crippen LogP contribution in [-0.2, 0) is 6.54 Å². The summed E-state index contributed by atoms with van der Waals surface area (Å²) in [5.74, 6) is 0. The van der Waals surface area contributed by atoms with Gasteiger partial charge in [-0.3, -0.25) is 9.69 Å². The Kier molecular flexibility index (Phi) is 4.15. The van der Waals surface area contributed by atoms with E-state index in [1.165, 1.54) is 17.8 Å². The van der Waals surface area contributed by atoms with Gasteiger partial charge in [0.25, 0.3) is 0 Å². The predicted molar refractivity (Wildman–Crippen MR) is 66.9 cm³/mol. The molecule has 4 nitrogen and oxygen atoms in total. The van der Waals surface area contributed by atoms with Crippen LogP contribution in [0.25, 0.3) is 0 Å². The highest BCUT2D eigenvalue weighted by Crippen LogP contribution is 2.08. The van der Waals surface area contributed by atoms with Gasteiger partial charge in [0.1, 0.15) is 0 Å². The standard InChI is InChI=1S/C11H19N3OS/c1-2-9-6-14(5-3-4-12-9)7-10-8-16-11(15)13-10/h8-9,12H,2-7H2,1H3,(H,13,15). The van der Waals surface area contributed by atoms with Crippen molar-refractivity contribution in [2.24, 2.45) is 0 Å². The number of rotatable bonds is 3. The molecule has 0 bridgehead atoms. The summed E-state index contributed by atoms with van der Waals surface area (Å²) in [6, 6.07) is 0.591. The molecule has 5 heteroatoms. The molecule has 1 fully saturated rings. The van der Waals surface area contributed by atoms with Gasteiger partial charge in [-0.05, 0) is 25.9 Å². The zero-order valence-electron chi connectivity index (χ0n) is 9.66. The molecule has 1 aromatic heterocycles. The smallest absolute Gasteiger partial charge is 0.304 e. The largest absolute Gasteiger partial charge is 0.315 e. The number of aromatic amines is 1. The number of nitrogens with one attached hydrogen (secondary N) is 2. The Morgan fingerprint density at radius 2 is 2.50 bits per heavy atom. The van der Waals surface area contributed by atoms with E-state index in [0.29, 0.717) is 6.04 Å². The van der Waals surface area contributed by atoms with Crippen molar-refractivity contribution in [2.45, 2.75) is 32.4 Å². The molecule has 0 spiro atoms. The lowest BCUT2D eigenvalue weighted by Crippen LogP contribution is -2.36. The highest BCUT2D eigenvalue weighted by molar-refractivity contribution is 7.07. The fraction of sp³-hybridized carbons (Fsp3) is 0.727. The van der Waals surface area contributed by atoms with Gasteiger partial charge in [0.05, 0.1) is 0 Å². The van der Waals surface area contributed by atoms with Crippen LogP contribution in [-0.4, -0.2) is 35.6 Å². The number of nitrogens with zero attached hydrogens (tertiary/aromatic N) is 1. The van der Waals surface area contributed by atoms with E-state index < -0.39 is 0 Å². The van der Waals surface area contributed by atoms with Gasteiger partial charge in [0, 0.05) is 30.2 Å². The molecule has 2 heterocycles. The molecule has 90 valence electrons. The van der Waals surface area contributed by atoms with Crippen molar-refractivity contribution in [3.05, 3.63) is 20.7 Å². The van der Waals surface area contributed by atoms with Crippen LogP contribution < -0.4 is 10.2 Å². The number of aromatic nitrogens is 1. The van der Waals surface area contributed by atoms with Gasteiger partial charge in [-0.2, -0.15) is 0 Å². The normalized spacial score (nSPS) is 23.2. The molecule has 0 aromatic carbocycles. The molecule has 1 saturated heterocycles. The first-order chi connectivity index (χ1) is 7.78. The fourth-order valence-electron chi connectivity index (χ4n) is 2.13. The highest BCUT2D eigenvalue weighted by Gasteiger charge is 2.16. The zero-order valence-corrected chi connectivity index (χ0v) is 10.5. The monoisotopic (exact) mass is 241 g/mol. The number of hydrogen-bond donors (Lipinski definition) is 2. The Hall–Kier alpha value is -0.650. The summed E-state index contributed by atoms with van der Waals surface area (Å²) in [5, 5.41) is 5.47. The summed E-state index contributed by atoms with van der Waals surface area (Å²) in [5.41, 5.74) is 1.05. The summed E-state index contributed by atoms with van der Waals surface area (Å²) < 4.78 is 0. The van der Waals surface area contributed by atoms with Crippen molar-refractivity contribution in [1.82, 2.24) is 15.2 Å². The Morgan fingerprint density at radius 1 is 1.62 bits per heavy atom. The first-order valence-electron chi connectivity index (χ1n) is 5.90. The lowest BCUT2D eigenvalue weighted by molar-refractivity contribution is 0.255. The van der Waals surface area contributed by atoms with Crippen molar-refractivity contribution in [3.8, 4) is 0 Å². The Labute approximate surface area is 99.7 Å². The molecule has 16 heavy (non-hydrogen) atoms. The average Bonchev–Trinajstić information content (AvgIpc) is 2.55. The molecule has 1 aromatic rings. The summed E-state index contributed by atoms with van der Waals surface area (Å²) in [4.78, 5) is 16.4. The molecule has 1 aliphatic heterocycles. The number of H-pyrrole nitrogens is 1. The number of hydrogen-bond acceptors (Lipinski definition) is 4. The first-order valence-corrected chi connectivity index (χ1v) is 6.78. The molecule has 1 atom stereocenters. The quantitative estimate of drug-likeness (QED) is 0.830. The lowest BCUT2D eigenvalue weighted by atomic mass is 10.2. The fourth-order valence-corrected chi connectivity index (χ4v) is 2.70. The van der Waals surface area contributed by atoms with Crippen molar-refractivity contribution in [1.29, 1.82) is 0 Å². The molecular formula is C11H19N3OS. The third kappa shape index (κ3) is 3.17. The maximum Gasteiger partial charge on any atom is 0.304 e. The summed E-state index contributed by atoms with van der Waals surface area (Å²) >= 11 is 1.25. The maximum absolute atomic E-state index is 11.1. The first kappa shape index (κ1) is 11.8. The average molecular weight is 241 g/mol. The molecular weight excluding hydrogens is 222 g/mol. The molecule has 2 N–H and O–H groups in total. The van der Waals surface area contributed by atoms with Crippen LogP contribution in [0.1, 0.15) is 25.5 Å². The second-order valence-electron chi connectivity index (χ2n) is 4.32. The summed E-state index contributed by atoms with van der Waals surface area (Å²) in [6.45, 7) is 6.38. The third-order valence-corrected chi connectivity index (χ3v) is 3.74. The predicted octanol–water partition coefficient (Wildman–Crippen LogP) is 1.01. The van der Waals surface area contributed by atoms with E-state index in [0.717, 1.165) is 38.3 Å². The molecule has 1 aliphatic rings. The van der Waals surface area contributed by atoms with Gasteiger partial charge in [0.2, 0.25) is 0 Å². The van der Waals surface area contributed by atoms with E-state index in [1.54, 1.807) is 0 Å². The Morgan fingerprint density at radius 3 is 3.19 bits per heavy atom. The highest BCUT2D eigenvalue weighted by atomic mass is 32.1. The van der Waals surface area contributed by atoms with E-state index >= 15 is 0 Å². The Bertz CT molecular complexity index is 373. The zero-order chi connectivity index (χ0) is 11.4. The second-order valence-corrected chi connectivity index (χ2v) is 5.16. The van der Waals surface area contributed by atoms with Crippen LogP contribution in [0.3, 0.4) is 0 Å². The van der Waals surface area contributed by atoms with Crippen LogP contribution >= 0.6 is 11.3 Å². The topological polar surface area (TPSA) is 48.1 Å². The third-order valence-electron chi connectivity index (χ3n) is 3.02. The van der Waals surface area contributed by atoms with Crippen LogP contribution in [0.4, 0.5) is 0 Å². The van der Waals surface area contributed by atoms with Crippen LogP contribution in [0, 0.1) is 0 Å². The van der Waals surface area contributed by atoms with E-state index in [9.17, 15) is 4.79 Å². The minimum atomic E-state index is 0.0509. The summed E-state index contributed by atoms with van der Waals surface area (Å²) in [7, 11) is 0. The van der Waals surface area contributed by atoms with Crippen LogP contribution in [0.2, 0.25) is 0 Å². The van der Waals surface area contributed by atoms with Gasteiger partial charge >= 0.3 is 4.87 Å². The number of thiazole rings is 1. The minimum Gasteiger partial charge on any atom is -0.315 e. The molecule has 1 unspecified atom stereocenters. The molecule has 0 amide bonds. The molecule has 0 saturated carbocycles. The molecule has 0 aliphatic carbocycles. The lowest BCUT2D eigenvalue weighted by Gasteiger charge is -2.22. The van der Waals surface area contributed by atoms with Gasteiger partial charge in [-0.25, -0.2) is 0 Å². The van der Waals surface area contributed by atoms with Gasteiger partial charge in [-0.1, -0.05) is 18.3 Å². The van der Waals surface area contributed by atoms with Crippen molar-refractivity contribution < 1.29 is 0 Å². The van der Waals surface area contributed by atoms with Crippen molar-refractivity contribution in [3.63, 3.8) is 0 Å². The summed E-state index contributed by atoms with van der Waals surface area (Å²) in [6.07, 6.45) is 2.35. The van der Waals surface area contributed by atoms with E-state index in [4.69, 9.17) is 0 Å². The van der Waals surface area contributed by atoms with Gasteiger partial charge < -0.3 is 10.3 Å². The molecule has 2 rings (SSSR count). The van der Waals surface area contributed by atoms with E-state index in [2.05, 4.69) is 22.1 Å². The van der Waals surface area contributed by atoms with Crippen LogP contribution in [0.5, 0.6) is 0 Å². The van der Waals surface area contributed by atoms with Gasteiger partial charge in [0.15, 0.2) is 0 Å². The maximum atomic E-state index is 11.1. The van der Waals surface area contributed by atoms with Crippen LogP contribution in [0.15, 0.2) is 10.2 Å². The minimum absolute atomic E-state index is 0.0509. The van der Waals surface area contributed by atoms with Crippen molar-refractivity contribution in [2.75, 3.05) is 19.6 Å².